The Morgan fingerprint density at radius 1 is 1.17 bits per heavy atom. The van der Waals surface area contributed by atoms with Gasteiger partial charge in [0, 0.05) is 0 Å². The van der Waals surface area contributed by atoms with Gasteiger partial charge in [-0.1, -0.05) is 0 Å². The average Bonchev–Trinajstić information content (AvgIpc) is 1.87. The van der Waals surface area contributed by atoms with Crippen LogP contribution < -0.4 is 0 Å². The van der Waals surface area contributed by atoms with E-state index in [4.69, 9.17) is 10.2 Å². The summed E-state index contributed by atoms with van der Waals surface area (Å²) in [5.74, 6) is -2.12. The number of rotatable bonds is 2. The van der Waals surface area contributed by atoms with E-state index in [9.17, 15) is 9.59 Å². The SMILES string of the molecule is CC(O)C(=O)OC(=O)C(C)O.[Ca+2].[H-].[H-]. The molecule has 5 nitrogen and oxygen atoms in total. The van der Waals surface area contributed by atoms with E-state index in [2.05, 4.69) is 4.74 Å². The first-order valence-electron chi connectivity index (χ1n) is 3.06. The van der Waals surface area contributed by atoms with Gasteiger partial charge in [0.1, 0.15) is 12.2 Å². The summed E-state index contributed by atoms with van der Waals surface area (Å²) in [4.78, 5) is 20.9. The smallest absolute Gasteiger partial charge is 1.00 e. The van der Waals surface area contributed by atoms with Crippen LogP contribution in [-0.2, 0) is 14.3 Å². The van der Waals surface area contributed by atoms with Gasteiger partial charge in [0.25, 0.3) is 0 Å². The third-order valence-corrected chi connectivity index (χ3v) is 0.883. The van der Waals surface area contributed by atoms with Crippen LogP contribution in [0.4, 0.5) is 0 Å². The van der Waals surface area contributed by atoms with Gasteiger partial charge >= 0.3 is 49.7 Å². The maximum atomic E-state index is 10.5. The van der Waals surface area contributed by atoms with E-state index in [0.29, 0.717) is 0 Å². The van der Waals surface area contributed by atoms with Crippen molar-refractivity contribution < 1.29 is 27.4 Å². The fourth-order valence-electron chi connectivity index (χ4n) is 0.270. The minimum Gasteiger partial charge on any atom is -1.00 e. The van der Waals surface area contributed by atoms with Crippen molar-refractivity contribution in [2.45, 2.75) is 26.1 Å². The van der Waals surface area contributed by atoms with Gasteiger partial charge in [0.15, 0.2) is 0 Å². The fraction of sp³-hybridized carbons (Fsp3) is 0.667. The first-order valence-corrected chi connectivity index (χ1v) is 3.06. The Kier molecular flexibility index (Phi) is 8.39. The molecule has 0 aromatic rings. The van der Waals surface area contributed by atoms with Crippen LogP contribution in [0.1, 0.15) is 16.7 Å². The van der Waals surface area contributed by atoms with Crippen molar-refractivity contribution in [2.75, 3.05) is 0 Å². The largest absolute Gasteiger partial charge is 2.00 e. The Morgan fingerprint density at radius 3 is 1.58 bits per heavy atom. The first kappa shape index (κ1) is 14.8. The monoisotopic (exact) mass is 204 g/mol. The van der Waals surface area contributed by atoms with Crippen LogP contribution in [0.25, 0.3) is 0 Å². The molecule has 0 saturated carbocycles. The van der Waals surface area contributed by atoms with Gasteiger partial charge in [0.2, 0.25) is 0 Å². The van der Waals surface area contributed by atoms with Crippen LogP contribution in [-0.4, -0.2) is 72.1 Å². The van der Waals surface area contributed by atoms with Crippen molar-refractivity contribution >= 4 is 49.7 Å². The van der Waals surface area contributed by atoms with Crippen LogP contribution >= 0.6 is 0 Å². The topological polar surface area (TPSA) is 83.8 Å². The molecule has 2 N–H and O–H groups in total. The summed E-state index contributed by atoms with van der Waals surface area (Å²) in [6.45, 7) is 2.33. The summed E-state index contributed by atoms with van der Waals surface area (Å²) in [5.41, 5.74) is 0. The van der Waals surface area contributed by atoms with Crippen LogP contribution in [0.3, 0.4) is 0 Å². The molecule has 2 unspecified atom stereocenters. The molecule has 0 aliphatic carbocycles. The van der Waals surface area contributed by atoms with E-state index in [1.807, 2.05) is 0 Å². The van der Waals surface area contributed by atoms with Gasteiger partial charge < -0.3 is 17.8 Å². The first-order chi connectivity index (χ1) is 4.95. The molecule has 12 heavy (non-hydrogen) atoms. The number of carbonyl (C=O) groups excluding carboxylic acids is 2. The summed E-state index contributed by atoms with van der Waals surface area (Å²) >= 11 is 0. The molecule has 0 saturated heterocycles. The third-order valence-electron chi connectivity index (χ3n) is 0.883. The predicted octanol–water partition coefficient (Wildman–Crippen LogP) is -1.34. The van der Waals surface area contributed by atoms with Gasteiger partial charge in [-0.25, -0.2) is 9.59 Å². The Hall–Kier alpha value is 0.320. The number of esters is 2. The number of aliphatic hydroxyl groups excluding tert-OH is 2. The van der Waals surface area contributed by atoms with E-state index in [0.717, 1.165) is 13.8 Å². The second kappa shape index (κ2) is 6.79. The Balaban J connectivity index is -0.000000167. The van der Waals surface area contributed by atoms with Crippen LogP contribution in [0.2, 0.25) is 0 Å². The van der Waals surface area contributed by atoms with E-state index in [-0.39, 0.29) is 40.6 Å². The molecule has 0 amide bonds. The maximum Gasteiger partial charge on any atom is 2.00 e. The zero-order valence-corrected chi connectivity index (χ0v) is 9.19. The standard InChI is InChI=1S/C6H10O5.Ca.2H/c1-3(7)5(9)11-6(10)4(2)8;;;/h3-4,7-8H,1-2H3;;;/q;+2;2*-1. The molecule has 0 fully saturated rings. The van der Waals surface area contributed by atoms with Gasteiger partial charge in [-0.3, -0.25) is 0 Å². The van der Waals surface area contributed by atoms with Gasteiger partial charge in [-0.05, 0) is 13.8 Å². The minimum absolute atomic E-state index is 0. The molecule has 0 aliphatic rings. The van der Waals surface area contributed by atoms with E-state index in [1.54, 1.807) is 0 Å². The molecule has 0 bridgehead atoms. The second-order valence-corrected chi connectivity index (χ2v) is 2.09. The molecule has 68 valence electrons. The van der Waals surface area contributed by atoms with Crippen molar-refractivity contribution in [3.05, 3.63) is 0 Å². The van der Waals surface area contributed by atoms with Gasteiger partial charge in [-0.2, -0.15) is 0 Å². The maximum absolute atomic E-state index is 10.5. The molecular weight excluding hydrogens is 192 g/mol. The van der Waals surface area contributed by atoms with Gasteiger partial charge in [-0.15, -0.1) is 0 Å². The van der Waals surface area contributed by atoms with Crippen molar-refractivity contribution in [1.29, 1.82) is 0 Å². The van der Waals surface area contributed by atoms with Crippen molar-refractivity contribution in [3.63, 3.8) is 0 Å². The molecule has 0 aromatic carbocycles. The summed E-state index contributed by atoms with van der Waals surface area (Å²) in [5, 5.41) is 17.1. The Bertz CT molecular complexity index is 156. The number of aliphatic hydroxyl groups is 2. The van der Waals surface area contributed by atoms with Crippen molar-refractivity contribution in [1.82, 2.24) is 0 Å². The molecule has 6 heteroatoms. The number of carbonyl (C=O) groups is 2. The van der Waals surface area contributed by atoms with Crippen molar-refractivity contribution in [2.24, 2.45) is 0 Å². The summed E-state index contributed by atoms with van der Waals surface area (Å²) < 4.78 is 4.00. The molecule has 0 spiro atoms. The third kappa shape index (κ3) is 5.91. The number of hydrogen-bond donors (Lipinski definition) is 2. The zero-order valence-electron chi connectivity index (χ0n) is 8.98. The fourth-order valence-corrected chi connectivity index (χ4v) is 0.270. The molecule has 2 atom stereocenters. The second-order valence-electron chi connectivity index (χ2n) is 2.09. The number of ether oxygens (including phenoxy) is 1. The molecule has 0 radical (unpaired) electrons. The summed E-state index contributed by atoms with van der Waals surface area (Å²) in [6.07, 6.45) is -2.70. The minimum atomic E-state index is -1.35. The van der Waals surface area contributed by atoms with E-state index in [1.165, 1.54) is 0 Å². The van der Waals surface area contributed by atoms with Crippen LogP contribution in [0, 0.1) is 0 Å². The Labute approximate surface area is 103 Å². The molecular formula is C6H12CaO5. The van der Waals surface area contributed by atoms with E-state index >= 15 is 0 Å². The molecule has 0 heterocycles. The number of hydrogen-bond acceptors (Lipinski definition) is 5. The van der Waals surface area contributed by atoms with Crippen molar-refractivity contribution in [3.8, 4) is 0 Å². The molecule has 0 rings (SSSR count). The van der Waals surface area contributed by atoms with Crippen LogP contribution in [0.5, 0.6) is 0 Å². The molecule has 0 aliphatic heterocycles. The average molecular weight is 204 g/mol. The van der Waals surface area contributed by atoms with E-state index < -0.39 is 24.1 Å². The quantitative estimate of drug-likeness (QED) is 0.330. The normalized spacial score (nSPS) is 14.0. The predicted molar refractivity (Wildman–Crippen MR) is 42.4 cm³/mol. The summed E-state index contributed by atoms with van der Waals surface area (Å²) in [7, 11) is 0. The van der Waals surface area contributed by atoms with Gasteiger partial charge in [0.05, 0.1) is 0 Å². The van der Waals surface area contributed by atoms with Crippen LogP contribution in [0.15, 0.2) is 0 Å². The zero-order chi connectivity index (χ0) is 9.02. The Morgan fingerprint density at radius 2 is 1.42 bits per heavy atom. The molecule has 0 aromatic heterocycles. The summed E-state index contributed by atoms with van der Waals surface area (Å²) in [6, 6.07) is 0.